The minimum absolute atomic E-state index is 0.0185. The largest absolute Gasteiger partial charge is 0.322 e. The van der Waals surface area contributed by atoms with Crippen LogP contribution in [0.15, 0.2) is 12.1 Å². The smallest absolute Gasteiger partial charge is 0.184 e. The molecule has 0 radical (unpaired) electrons. The number of imidazole rings is 1. The lowest BCUT2D eigenvalue weighted by atomic mass is 10.2. The van der Waals surface area contributed by atoms with Crippen LogP contribution in [0.2, 0.25) is 0 Å². The maximum absolute atomic E-state index is 13.7. The molecule has 1 heterocycles. The molecule has 1 aromatic heterocycles. The molecule has 16 heavy (non-hydrogen) atoms. The van der Waals surface area contributed by atoms with Gasteiger partial charge in [0.25, 0.3) is 0 Å². The van der Waals surface area contributed by atoms with Gasteiger partial charge in [0.2, 0.25) is 0 Å². The van der Waals surface area contributed by atoms with Gasteiger partial charge in [-0.15, -0.1) is 11.6 Å². The Labute approximate surface area is 96.8 Å². The summed E-state index contributed by atoms with van der Waals surface area (Å²) in [6.45, 7) is 3.75. The van der Waals surface area contributed by atoms with Crippen molar-refractivity contribution in [2.75, 3.05) is 0 Å². The number of alkyl halides is 1. The number of halogens is 3. The maximum Gasteiger partial charge on any atom is 0.184 e. The standard InChI is InChI=1S/C11H11ClF2N2/c1-6(2)16-9(5-12)15-8-4-3-7(13)10(14)11(8)16/h3-4,6H,5H2,1-2H3. The van der Waals surface area contributed by atoms with Crippen LogP contribution in [-0.4, -0.2) is 9.55 Å². The molecule has 86 valence electrons. The minimum atomic E-state index is -0.866. The third-order valence-corrected chi connectivity index (χ3v) is 2.69. The number of rotatable bonds is 2. The minimum Gasteiger partial charge on any atom is -0.322 e. The second kappa shape index (κ2) is 4.01. The van der Waals surface area contributed by atoms with Gasteiger partial charge < -0.3 is 4.57 Å². The fourth-order valence-corrected chi connectivity index (χ4v) is 2.01. The van der Waals surface area contributed by atoms with Gasteiger partial charge in [-0.1, -0.05) is 0 Å². The fraction of sp³-hybridized carbons (Fsp3) is 0.364. The predicted molar refractivity (Wildman–Crippen MR) is 59.6 cm³/mol. The lowest BCUT2D eigenvalue weighted by Crippen LogP contribution is -2.06. The molecule has 2 rings (SSSR count). The highest BCUT2D eigenvalue weighted by molar-refractivity contribution is 6.16. The Kier molecular flexibility index (Phi) is 2.84. The second-order valence-corrected chi connectivity index (χ2v) is 4.12. The van der Waals surface area contributed by atoms with Gasteiger partial charge in [0, 0.05) is 6.04 Å². The van der Waals surface area contributed by atoms with Crippen molar-refractivity contribution in [3.05, 3.63) is 29.6 Å². The van der Waals surface area contributed by atoms with E-state index in [2.05, 4.69) is 4.98 Å². The Balaban J connectivity index is 2.86. The maximum atomic E-state index is 13.7. The van der Waals surface area contributed by atoms with Crippen molar-refractivity contribution >= 4 is 22.6 Å². The molecule has 0 aliphatic carbocycles. The van der Waals surface area contributed by atoms with E-state index in [-0.39, 0.29) is 17.4 Å². The topological polar surface area (TPSA) is 17.8 Å². The van der Waals surface area contributed by atoms with Gasteiger partial charge >= 0.3 is 0 Å². The molecule has 0 fully saturated rings. The number of aromatic nitrogens is 2. The van der Waals surface area contributed by atoms with Gasteiger partial charge in [-0.05, 0) is 26.0 Å². The number of benzene rings is 1. The van der Waals surface area contributed by atoms with E-state index in [0.717, 1.165) is 6.07 Å². The fourth-order valence-electron chi connectivity index (χ4n) is 1.82. The van der Waals surface area contributed by atoms with Crippen molar-refractivity contribution < 1.29 is 8.78 Å². The van der Waals surface area contributed by atoms with E-state index in [1.54, 1.807) is 4.57 Å². The third kappa shape index (κ3) is 1.57. The van der Waals surface area contributed by atoms with Gasteiger partial charge in [0.15, 0.2) is 11.6 Å². The van der Waals surface area contributed by atoms with Crippen molar-refractivity contribution in [1.82, 2.24) is 9.55 Å². The van der Waals surface area contributed by atoms with E-state index in [4.69, 9.17) is 11.6 Å². The number of fused-ring (bicyclic) bond motifs is 1. The van der Waals surface area contributed by atoms with Crippen molar-refractivity contribution in [3.63, 3.8) is 0 Å². The van der Waals surface area contributed by atoms with Crippen LogP contribution in [0.5, 0.6) is 0 Å². The van der Waals surface area contributed by atoms with Crippen LogP contribution in [0.3, 0.4) is 0 Å². The van der Waals surface area contributed by atoms with Crippen LogP contribution < -0.4 is 0 Å². The lowest BCUT2D eigenvalue weighted by molar-refractivity contribution is 0.504. The van der Waals surface area contributed by atoms with Crippen LogP contribution in [0.1, 0.15) is 25.7 Å². The van der Waals surface area contributed by atoms with Crippen molar-refractivity contribution in [1.29, 1.82) is 0 Å². The molecular formula is C11H11ClF2N2. The molecule has 0 N–H and O–H groups in total. The zero-order valence-corrected chi connectivity index (χ0v) is 9.72. The zero-order valence-electron chi connectivity index (χ0n) is 8.97. The van der Waals surface area contributed by atoms with Crippen LogP contribution in [-0.2, 0) is 5.88 Å². The molecule has 0 aliphatic heterocycles. The monoisotopic (exact) mass is 244 g/mol. The first-order chi connectivity index (χ1) is 7.56. The molecule has 1 aromatic carbocycles. The molecule has 0 aliphatic rings. The SMILES string of the molecule is CC(C)n1c(CCl)nc2ccc(F)c(F)c21. The lowest BCUT2D eigenvalue weighted by Gasteiger charge is -2.11. The van der Waals surface area contributed by atoms with E-state index < -0.39 is 11.6 Å². The second-order valence-electron chi connectivity index (χ2n) is 3.85. The summed E-state index contributed by atoms with van der Waals surface area (Å²) in [5.74, 6) is -1.00. The summed E-state index contributed by atoms with van der Waals surface area (Å²) in [4.78, 5) is 4.18. The molecule has 0 spiro atoms. The summed E-state index contributed by atoms with van der Waals surface area (Å²) in [6.07, 6.45) is 0. The Hall–Kier alpha value is -1.16. The van der Waals surface area contributed by atoms with Crippen molar-refractivity contribution in [2.45, 2.75) is 25.8 Å². The molecule has 0 bridgehead atoms. The highest BCUT2D eigenvalue weighted by Gasteiger charge is 2.18. The molecule has 0 atom stereocenters. The predicted octanol–water partition coefficient (Wildman–Crippen LogP) is 3.63. The summed E-state index contributed by atoms with van der Waals surface area (Å²) in [7, 11) is 0. The van der Waals surface area contributed by atoms with Crippen LogP contribution in [0, 0.1) is 11.6 Å². The van der Waals surface area contributed by atoms with Gasteiger partial charge in [-0.3, -0.25) is 0 Å². The van der Waals surface area contributed by atoms with Gasteiger partial charge in [-0.25, -0.2) is 13.8 Å². The normalized spacial score (nSPS) is 11.6. The Morgan fingerprint density at radius 3 is 2.62 bits per heavy atom. The first kappa shape index (κ1) is 11.3. The third-order valence-electron chi connectivity index (χ3n) is 2.45. The highest BCUT2D eigenvalue weighted by Crippen LogP contribution is 2.25. The molecule has 0 saturated heterocycles. The summed E-state index contributed by atoms with van der Waals surface area (Å²) in [5.41, 5.74) is 0.619. The first-order valence-electron chi connectivity index (χ1n) is 4.97. The summed E-state index contributed by atoms with van der Waals surface area (Å²) in [5, 5.41) is 0. The average molecular weight is 245 g/mol. The molecule has 2 nitrogen and oxygen atoms in total. The zero-order chi connectivity index (χ0) is 11.9. The van der Waals surface area contributed by atoms with E-state index in [0.29, 0.717) is 11.3 Å². The van der Waals surface area contributed by atoms with Gasteiger partial charge in [0.05, 0.1) is 11.4 Å². The Morgan fingerprint density at radius 2 is 2.06 bits per heavy atom. The Morgan fingerprint density at radius 1 is 1.38 bits per heavy atom. The van der Waals surface area contributed by atoms with E-state index >= 15 is 0 Å². The van der Waals surface area contributed by atoms with Gasteiger partial charge in [0.1, 0.15) is 11.3 Å². The van der Waals surface area contributed by atoms with Crippen LogP contribution in [0.25, 0.3) is 11.0 Å². The molecule has 0 amide bonds. The molecule has 5 heteroatoms. The summed E-state index contributed by atoms with van der Waals surface area (Å²) < 4.78 is 28.5. The van der Waals surface area contributed by atoms with E-state index in [1.807, 2.05) is 13.8 Å². The van der Waals surface area contributed by atoms with Crippen molar-refractivity contribution in [2.24, 2.45) is 0 Å². The number of hydrogen-bond acceptors (Lipinski definition) is 1. The van der Waals surface area contributed by atoms with Crippen molar-refractivity contribution in [3.8, 4) is 0 Å². The van der Waals surface area contributed by atoms with Gasteiger partial charge in [-0.2, -0.15) is 0 Å². The first-order valence-corrected chi connectivity index (χ1v) is 5.50. The quantitative estimate of drug-likeness (QED) is 0.738. The molecule has 0 saturated carbocycles. The van der Waals surface area contributed by atoms with E-state index in [9.17, 15) is 8.78 Å². The summed E-state index contributed by atoms with van der Waals surface area (Å²) >= 11 is 5.74. The average Bonchev–Trinajstić information content (AvgIpc) is 2.62. The van der Waals surface area contributed by atoms with E-state index in [1.165, 1.54) is 6.07 Å². The van der Waals surface area contributed by atoms with Crippen LogP contribution in [0.4, 0.5) is 8.78 Å². The number of nitrogens with zero attached hydrogens (tertiary/aromatic N) is 2. The Bertz CT molecular complexity index is 534. The molecular weight excluding hydrogens is 234 g/mol. The molecule has 0 unspecified atom stereocenters. The summed E-state index contributed by atoms with van der Waals surface area (Å²) in [6, 6.07) is 2.52. The van der Waals surface area contributed by atoms with Crippen LogP contribution >= 0.6 is 11.6 Å². The highest BCUT2D eigenvalue weighted by atomic mass is 35.5. The number of hydrogen-bond donors (Lipinski definition) is 0. The molecule has 2 aromatic rings.